The molecule has 1 amide bonds. The Bertz CT molecular complexity index is 1290. The van der Waals surface area contributed by atoms with Gasteiger partial charge in [-0.15, -0.1) is 0 Å². The predicted molar refractivity (Wildman–Crippen MR) is 133 cm³/mol. The van der Waals surface area contributed by atoms with E-state index in [2.05, 4.69) is 10.5 Å². The third-order valence-electron chi connectivity index (χ3n) is 4.41. The lowest BCUT2D eigenvalue weighted by Gasteiger charge is -2.22. The molecule has 6 nitrogen and oxygen atoms in total. The van der Waals surface area contributed by atoms with E-state index >= 15 is 0 Å². The lowest BCUT2D eigenvalue weighted by molar-refractivity contribution is -0.121. The number of carbonyl (C=O) groups excluding carboxylic acids is 1. The normalized spacial score (nSPS) is 11.8. The Morgan fingerprint density at radius 1 is 0.909 bits per heavy atom. The number of nitrogens with zero attached hydrogens (tertiary/aromatic N) is 2. The van der Waals surface area contributed by atoms with Crippen molar-refractivity contribution >= 4 is 68.5 Å². The average Bonchev–Trinajstić information content (AvgIpc) is 2.78. The molecule has 3 aromatic rings. The molecule has 0 fully saturated rings. The minimum atomic E-state index is -4.01. The van der Waals surface area contributed by atoms with Crippen molar-refractivity contribution in [1.29, 1.82) is 0 Å². The summed E-state index contributed by atoms with van der Waals surface area (Å²) in [6.07, 6.45) is 1.37. The molecule has 11 heteroatoms. The van der Waals surface area contributed by atoms with Gasteiger partial charge in [-0.1, -0.05) is 76.7 Å². The maximum absolute atomic E-state index is 13.2. The van der Waals surface area contributed by atoms with E-state index in [1.54, 1.807) is 48.5 Å². The van der Waals surface area contributed by atoms with Crippen molar-refractivity contribution in [3.8, 4) is 0 Å². The molecule has 172 valence electrons. The highest BCUT2D eigenvalue weighted by molar-refractivity contribution is 7.89. The minimum Gasteiger partial charge on any atom is -0.272 e. The summed E-state index contributed by atoms with van der Waals surface area (Å²) < 4.78 is 27.5. The molecule has 0 aromatic heterocycles. The van der Waals surface area contributed by atoms with Crippen LogP contribution in [0.1, 0.15) is 11.1 Å². The topological polar surface area (TPSA) is 78.8 Å². The molecule has 0 saturated heterocycles. The molecule has 0 aliphatic heterocycles. The maximum atomic E-state index is 13.2. The molecule has 0 aliphatic carbocycles. The number of hydrogen-bond acceptors (Lipinski definition) is 4. The third kappa shape index (κ3) is 6.93. The van der Waals surface area contributed by atoms with Crippen LogP contribution in [0.3, 0.4) is 0 Å². The molecular weight excluding hydrogens is 528 g/mol. The number of hydrogen-bond donors (Lipinski definition) is 1. The van der Waals surface area contributed by atoms with Gasteiger partial charge in [-0.05, 0) is 47.5 Å². The van der Waals surface area contributed by atoms with Gasteiger partial charge in [0.1, 0.15) is 0 Å². The fourth-order valence-electron chi connectivity index (χ4n) is 2.77. The van der Waals surface area contributed by atoms with E-state index in [-0.39, 0.29) is 16.5 Å². The van der Waals surface area contributed by atoms with E-state index in [0.717, 1.165) is 4.31 Å². The first-order valence-electron chi connectivity index (χ1n) is 9.43. The zero-order chi connectivity index (χ0) is 24.0. The molecule has 1 N–H and O–H groups in total. The van der Waals surface area contributed by atoms with Crippen molar-refractivity contribution in [2.45, 2.75) is 11.4 Å². The number of carbonyl (C=O) groups is 1. The van der Waals surface area contributed by atoms with Gasteiger partial charge in [-0.2, -0.15) is 9.41 Å². The SMILES string of the molecule is O=C(CN(Cc1ccc(Cl)cc1Cl)S(=O)(=O)c1ccccc1)N/N=C\c1ccc(Cl)c(Cl)c1. The van der Waals surface area contributed by atoms with Crippen LogP contribution in [-0.4, -0.2) is 31.4 Å². The second-order valence-corrected chi connectivity index (χ2v) is 10.4. The predicted octanol–water partition coefficient (Wildman–Crippen LogP) is 5.64. The van der Waals surface area contributed by atoms with E-state index < -0.39 is 22.5 Å². The van der Waals surface area contributed by atoms with Crippen LogP contribution in [0.5, 0.6) is 0 Å². The summed E-state index contributed by atoms with van der Waals surface area (Å²) in [5.41, 5.74) is 3.42. The molecule has 0 heterocycles. The van der Waals surface area contributed by atoms with Gasteiger partial charge in [0.2, 0.25) is 10.0 Å². The lowest BCUT2D eigenvalue weighted by Crippen LogP contribution is -2.39. The summed E-state index contributed by atoms with van der Waals surface area (Å²) in [4.78, 5) is 12.6. The van der Waals surface area contributed by atoms with Gasteiger partial charge in [0.05, 0.1) is 27.7 Å². The number of amides is 1. The van der Waals surface area contributed by atoms with Gasteiger partial charge < -0.3 is 0 Å². The Morgan fingerprint density at radius 2 is 1.64 bits per heavy atom. The fraction of sp³-hybridized carbons (Fsp3) is 0.0909. The van der Waals surface area contributed by atoms with E-state index in [4.69, 9.17) is 46.4 Å². The van der Waals surface area contributed by atoms with Crippen LogP contribution in [0.2, 0.25) is 20.1 Å². The Balaban J connectivity index is 1.80. The average molecular weight is 545 g/mol. The monoisotopic (exact) mass is 543 g/mol. The Kier molecular flexibility index (Phi) is 8.75. The molecule has 0 bridgehead atoms. The van der Waals surface area contributed by atoms with Crippen LogP contribution >= 0.6 is 46.4 Å². The van der Waals surface area contributed by atoms with Crippen LogP contribution in [-0.2, 0) is 21.4 Å². The van der Waals surface area contributed by atoms with Crippen molar-refractivity contribution in [2.24, 2.45) is 5.10 Å². The molecular formula is C22H17Cl4N3O3S. The first-order chi connectivity index (χ1) is 15.7. The molecule has 33 heavy (non-hydrogen) atoms. The van der Waals surface area contributed by atoms with Crippen LogP contribution < -0.4 is 5.43 Å². The second-order valence-electron chi connectivity index (χ2n) is 6.79. The van der Waals surface area contributed by atoms with E-state index in [1.165, 1.54) is 24.4 Å². The second kappa shape index (κ2) is 11.3. The first kappa shape index (κ1) is 25.5. The summed E-state index contributed by atoms with van der Waals surface area (Å²) in [5.74, 6) is -0.643. The zero-order valence-electron chi connectivity index (χ0n) is 16.9. The van der Waals surface area contributed by atoms with E-state index in [1.807, 2.05) is 0 Å². The van der Waals surface area contributed by atoms with E-state index in [9.17, 15) is 13.2 Å². The zero-order valence-corrected chi connectivity index (χ0v) is 20.7. The Labute approximate surface area is 211 Å². The quantitative estimate of drug-likeness (QED) is 0.294. The Morgan fingerprint density at radius 3 is 2.30 bits per heavy atom. The summed E-state index contributed by atoms with van der Waals surface area (Å²) in [6.45, 7) is -0.633. The molecule has 0 saturated carbocycles. The number of sulfonamides is 1. The van der Waals surface area contributed by atoms with Gasteiger partial charge in [0.15, 0.2) is 0 Å². The number of halogens is 4. The van der Waals surface area contributed by atoms with Crippen molar-refractivity contribution in [3.05, 3.63) is 97.9 Å². The van der Waals surface area contributed by atoms with Gasteiger partial charge >= 0.3 is 0 Å². The molecule has 0 spiro atoms. The summed E-state index contributed by atoms with van der Waals surface area (Å²) in [7, 11) is -4.01. The first-order valence-corrected chi connectivity index (χ1v) is 12.4. The minimum absolute atomic E-state index is 0.0437. The number of rotatable bonds is 8. The number of benzene rings is 3. The van der Waals surface area contributed by atoms with Crippen LogP contribution in [0.25, 0.3) is 0 Å². The standard InChI is InChI=1S/C22H17Cl4N3O3S/c23-17-8-7-16(20(25)11-17)13-29(33(31,32)18-4-2-1-3-5-18)14-22(30)28-27-12-15-6-9-19(24)21(26)10-15/h1-12H,13-14H2,(H,28,30)/b27-12-. The fourth-order valence-corrected chi connectivity index (χ4v) is 4.94. The smallest absolute Gasteiger partial charge is 0.255 e. The highest BCUT2D eigenvalue weighted by Gasteiger charge is 2.27. The number of nitrogens with one attached hydrogen (secondary N) is 1. The molecule has 0 aliphatic rings. The largest absolute Gasteiger partial charge is 0.272 e. The molecule has 0 unspecified atom stereocenters. The van der Waals surface area contributed by atoms with Crippen molar-refractivity contribution < 1.29 is 13.2 Å². The summed E-state index contributed by atoms with van der Waals surface area (Å²) in [6, 6.07) is 17.3. The van der Waals surface area contributed by atoms with Gasteiger partial charge in [0.25, 0.3) is 5.91 Å². The molecule has 0 atom stereocenters. The molecule has 0 radical (unpaired) electrons. The van der Waals surface area contributed by atoms with Gasteiger partial charge in [-0.25, -0.2) is 13.8 Å². The summed E-state index contributed by atoms with van der Waals surface area (Å²) in [5, 5.41) is 5.29. The maximum Gasteiger partial charge on any atom is 0.255 e. The number of hydrazone groups is 1. The van der Waals surface area contributed by atoms with Crippen LogP contribution in [0.15, 0.2) is 76.7 Å². The van der Waals surface area contributed by atoms with Crippen molar-refractivity contribution in [1.82, 2.24) is 9.73 Å². The van der Waals surface area contributed by atoms with Crippen molar-refractivity contribution in [3.63, 3.8) is 0 Å². The van der Waals surface area contributed by atoms with Crippen molar-refractivity contribution in [2.75, 3.05) is 6.54 Å². The highest BCUT2D eigenvalue weighted by atomic mass is 35.5. The molecule has 3 aromatic carbocycles. The lowest BCUT2D eigenvalue weighted by atomic mass is 10.2. The summed E-state index contributed by atoms with van der Waals surface area (Å²) >= 11 is 24.0. The molecule has 3 rings (SSSR count). The van der Waals surface area contributed by atoms with Crippen LogP contribution in [0.4, 0.5) is 0 Å². The van der Waals surface area contributed by atoms with E-state index in [0.29, 0.717) is 26.2 Å². The van der Waals surface area contributed by atoms with Gasteiger partial charge in [-0.3, -0.25) is 4.79 Å². The third-order valence-corrected chi connectivity index (χ3v) is 7.54. The van der Waals surface area contributed by atoms with Crippen LogP contribution in [0, 0.1) is 0 Å². The van der Waals surface area contributed by atoms with Gasteiger partial charge in [0, 0.05) is 16.6 Å². The highest BCUT2D eigenvalue weighted by Crippen LogP contribution is 2.25. The Hall–Kier alpha value is -2.13.